The van der Waals surface area contributed by atoms with Gasteiger partial charge in [-0.2, -0.15) is 0 Å². The Balaban J connectivity index is 4.48. The van der Waals surface area contributed by atoms with Crippen molar-refractivity contribution in [3.63, 3.8) is 0 Å². The van der Waals surface area contributed by atoms with Crippen molar-refractivity contribution < 1.29 is 28.6 Å². The first-order chi connectivity index (χ1) is 37.0. The number of rotatable bonds is 55. The minimum absolute atomic E-state index is 0.103. The van der Waals surface area contributed by atoms with Crippen LogP contribution in [-0.4, -0.2) is 37.2 Å². The van der Waals surface area contributed by atoms with E-state index in [1.54, 1.807) is 0 Å². The molecule has 426 valence electrons. The first kappa shape index (κ1) is 70.8. The first-order valence-corrected chi connectivity index (χ1v) is 31.0. The van der Waals surface area contributed by atoms with E-state index in [2.05, 4.69) is 142 Å². The van der Waals surface area contributed by atoms with Gasteiger partial charge in [-0.3, -0.25) is 14.4 Å². The van der Waals surface area contributed by atoms with Gasteiger partial charge in [-0.15, -0.1) is 0 Å². The van der Waals surface area contributed by atoms with Gasteiger partial charge in [0, 0.05) is 19.3 Å². The third-order valence-electron chi connectivity index (χ3n) is 12.9. The van der Waals surface area contributed by atoms with E-state index in [1.165, 1.54) is 103 Å². The van der Waals surface area contributed by atoms with Crippen molar-refractivity contribution in [3.8, 4) is 0 Å². The van der Waals surface area contributed by atoms with Crippen LogP contribution in [-0.2, 0) is 28.6 Å². The lowest BCUT2D eigenvalue weighted by Crippen LogP contribution is -2.30. The highest BCUT2D eigenvalue weighted by Crippen LogP contribution is 2.15. The van der Waals surface area contributed by atoms with Gasteiger partial charge < -0.3 is 14.2 Å². The summed E-state index contributed by atoms with van der Waals surface area (Å²) in [6.07, 6.45) is 86.2. The number of unbranched alkanes of at least 4 members (excludes halogenated alkanes) is 24. The fraction of sp³-hybridized carbons (Fsp3) is 0.667. The normalized spacial score (nSPS) is 12.9. The minimum atomic E-state index is -0.812. The van der Waals surface area contributed by atoms with E-state index in [9.17, 15) is 14.4 Å². The number of carbonyl (C=O) groups is 3. The lowest BCUT2D eigenvalue weighted by Gasteiger charge is -2.18. The third kappa shape index (κ3) is 60.6. The van der Waals surface area contributed by atoms with Gasteiger partial charge in [0.05, 0.1) is 0 Å². The number of allylic oxidation sites excluding steroid dienone is 20. The summed E-state index contributed by atoms with van der Waals surface area (Å²) in [5, 5.41) is 0. The Morgan fingerprint density at radius 1 is 0.280 bits per heavy atom. The van der Waals surface area contributed by atoms with Gasteiger partial charge in [0.25, 0.3) is 0 Å². The zero-order valence-electron chi connectivity index (χ0n) is 48.8. The fourth-order valence-corrected chi connectivity index (χ4v) is 8.34. The summed E-state index contributed by atoms with van der Waals surface area (Å²) in [6.45, 7) is 6.38. The van der Waals surface area contributed by atoms with Gasteiger partial charge in [0.1, 0.15) is 13.2 Å². The van der Waals surface area contributed by atoms with Gasteiger partial charge in [0.15, 0.2) is 6.10 Å². The summed E-state index contributed by atoms with van der Waals surface area (Å²) in [5.74, 6) is -0.959. The molecule has 0 aromatic carbocycles. The van der Waals surface area contributed by atoms with Crippen LogP contribution < -0.4 is 0 Å². The van der Waals surface area contributed by atoms with Crippen LogP contribution in [0, 0.1) is 0 Å². The summed E-state index contributed by atoms with van der Waals surface area (Å²) in [5.41, 5.74) is 0. The van der Waals surface area contributed by atoms with Crippen LogP contribution in [0.5, 0.6) is 0 Å². The van der Waals surface area contributed by atoms with Crippen LogP contribution in [0.25, 0.3) is 0 Å². The fourth-order valence-electron chi connectivity index (χ4n) is 8.34. The number of ether oxygens (including phenoxy) is 3. The molecule has 0 heterocycles. The lowest BCUT2D eigenvalue weighted by atomic mass is 10.1. The molecule has 0 spiro atoms. The Morgan fingerprint density at radius 3 is 0.840 bits per heavy atom. The van der Waals surface area contributed by atoms with Crippen molar-refractivity contribution in [2.45, 2.75) is 284 Å². The second kappa shape index (κ2) is 62.4. The van der Waals surface area contributed by atoms with E-state index in [0.29, 0.717) is 12.8 Å². The molecule has 1 atom stereocenters. The molecule has 0 N–H and O–H groups in total. The average molecular weight is 1040 g/mol. The molecular formula is C69H114O6. The SMILES string of the molecule is CC/C=C\C/C=C\C/C=C\C/C=C\C/C=C\CCCCCC(=O)OC(COC(=O)CCCCCC/C=C\C/C=C\C/C=C\C/C=C\CC)COC(=O)CCCCCCCCCCC/C=C\CCCCCCCCCC. The number of hydrogen-bond acceptors (Lipinski definition) is 6. The van der Waals surface area contributed by atoms with Crippen LogP contribution in [0.1, 0.15) is 278 Å². The van der Waals surface area contributed by atoms with E-state index in [0.717, 1.165) is 135 Å². The standard InChI is InChI=1S/C69H114O6/c1-4-7-10-13-16-19-22-25-28-31-33-34-36-38-41-44-47-50-53-56-59-62-68(71)74-65-66(64-73-67(70)61-58-55-52-49-46-43-40-37-30-27-24-21-18-15-12-9-6-3)75-69(72)63-60-57-54-51-48-45-42-39-35-32-29-26-23-20-17-14-11-8-5-2/h8-9,11-12,17-18,20-21,26-27,29-31,33,35,39-40,43,45,48,66H,4-7,10,13-16,19,22-25,28,32,34,36-38,41-42,44,46-47,49-65H2,1-3H3/b11-8-,12-9-,20-17-,21-18-,29-26-,30-27-,33-31-,39-35-,43-40-,48-45-. The summed E-state index contributed by atoms with van der Waals surface area (Å²) >= 11 is 0. The maximum Gasteiger partial charge on any atom is 0.306 e. The molecule has 0 radical (unpaired) electrons. The van der Waals surface area contributed by atoms with E-state index >= 15 is 0 Å². The van der Waals surface area contributed by atoms with Gasteiger partial charge in [-0.05, 0) is 128 Å². The Morgan fingerprint density at radius 2 is 0.520 bits per heavy atom. The Kier molecular flexibility index (Phi) is 58.9. The molecule has 0 amide bonds. The molecule has 0 aliphatic carbocycles. The zero-order valence-corrected chi connectivity index (χ0v) is 48.8. The molecular weight excluding hydrogens is 925 g/mol. The van der Waals surface area contributed by atoms with Crippen molar-refractivity contribution in [2.24, 2.45) is 0 Å². The second-order valence-electron chi connectivity index (χ2n) is 20.2. The van der Waals surface area contributed by atoms with Gasteiger partial charge >= 0.3 is 17.9 Å². The van der Waals surface area contributed by atoms with Gasteiger partial charge in [-0.1, -0.05) is 251 Å². The Bertz CT molecular complexity index is 1570. The van der Waals surface area contributed by atoms with E-state index in [-0.39, 0.29) is 37.5 Å². The molecule has 0 aromatic rings. The molecule has 0 aliphatic rings. The van der Waals surface area contributed by atoms with E-state index in [4.69, 9.17) is 14.2 Å². The molecule has 75 heavy (non-hydrogen) atoms. The van der Waals surface area contributed by atoms with Crippen LogP contribution >= 0.6 is 0 Å². The first-order valence-electron chi connectivity index (χ1n) is 31.0. The molecule has 6 nitrogen and oxygen atoms in total. The quantitative estimate of drug-likeness (QED) is 0.0261. The largest absolute Gasteiger partial charge is 0.462 e. The topological polar surface area (TPSA) is 78.9 Å². The molecule has 0 saturated carbocycles. The smallest absolute Gasteiger partial charge is 0.306 e. The predicted octanol–water partition coefficient (Wildman–Crippen LogP) is 21.2. The van der Waals surface area contributed by atoms with Crippen LogP contribution in [0.3, 0.4) is 0 Å². The number of carbonyl (C=O) groups excluding carboxylic acids is 3. The molecule has 0 bridgehead atoms. The monoisotopic (exact) mass is 1040 g/mol. The maximum atomic E-state index is 12.9. The van der Waals surface area contributed by atoms with E-state index in [1.807, 2.05) is 0 Å². The van der Waals surface area contributed by atoms with Gasteiger partial charge in [-0.25, -0.2) is 0 Å². The average Bonchev–Trinajstić information content (AvgIpc) is 3.41. The molecule has 6 heteroatoms. The van der Waals surface area contributed by atoms with Crippen LogP contribution in [0.4, 0.5) is 0 Å². The van der Waals surface area contributed by atoms with Gasteiger partial charge in [0.2, 0.25) is 0 Å². The lowest BCUT2D eigenvalue weighted by molar-refractivity contribution is -0.167. The molecule has 0 fully saturated rings. The predicted molar refractivity (Wildman–Crippen MR) is 325 cm³/mol. The summed E-state index contributed by atoms with van der Waals surface area (Å²) < 4.78 is 16.9. The maximum absolute atomic E-state index is 12.9. The minimum Gasteiger partial charge on any atom is -0.462 e. The number of hydrogen-bond donors (Lipinski definition) is 0. The van der Waals surface area contributed by atoms with Crippen LogP contribution in [0.2, 0.25) is 0 Å². The van der Waals surface area contributed by atoms with Crippen molar-refractivity contribution in [2.75, 3.05) is 13.2 Å². The van der Waals surface area contributed by atoms with E-state index < -0.39 is 6.10 Å². The highest BCUT2D eigenvalue weighted by molar-refractivity contribution is 5.71. The summed E-state index contributed by atoms with van der Waals surface area (Å²) in [7, 11) is 0. The van der Waals surface area contributed by atoms with Crippen molar-refractivity contribution in [1.29, 1.82) is 0 Å². The van der Waals surface area contributed by atoms with Crippen molar-refractivity contribution in [1.82, 2.24) is 0 Å². The summed E-state index contributed by atoms with van der Waals surface area (Å²) in [4.78, 5) is 38.3. The Labute approximate surface area is 462 Å². The molecule has 0 aliphatic heterocycles. The molecule has 0 rings (SSSR count). The highest BCUT2D eigenvalue weighted by atomic mass is 16.6. The zero-order chi connectivity index (χ0) is 54.3. The third-order valence-corrected chi connectivity index (χ3v) is 12.9. The molecule has 0 saturated heterocycles. The van der Waals surface area contributed by atoms with Crippen LogP contribution in [0.15, 0.2) is 122 Å². The van der Waals surface area contributed by atoms with Crippen molar-refractivity contribution >= 4 is 17.9 Å². The second-order valence-corrected chi connectivity index (χ2v) is 20.2. The summed E-state index contributed by atoms with van der Waals surface area (Å²) in [6, 6.07) is 0. The Hall–Kier alpha value is -4.19. The molecule has 1 unspecified atom stereocenters. The molecule has 0 aromatic heterocycles. The number of esters is 3. The van der Waals surface area contributed by atoms with Crippen molar-refractivity contribution in [3.05, 3.63) is 122 Å². The highest BCUT2D eigenvalue weighted by Gasteiger charge is 2.19.